The lowest BCUT2D eigenvalue weighted by Crippen LogP contribution is -2.42. The highest BCUT2D eigenvalue weighted by atomic mass is 28.4. The number of carbonyl (C=O) groups is 1. The van der Waals surface area contributed by atoms with E-state index in [9.17, 15) is 19.5 Å². The number of nitrogens with zero attached hydrogens (tertiary/aromatic N) is 3. The lowest BCUT2D eigenvalue weighted by Gasteiger charge is -2.31. The van der Waals surface area contributed by atoms with Crippen LogP contribution in [0.3, 0.4) is 0 Å². The molecule has 1 fully saturated rings. The van der Waals surface area contributed by atoms with Crippen LogP contribution in [0.25, 0.3) is 16.5 Å². The van der Waals surface area contributed by atoms with Gasteiger partial charge in [-0.05, 0) is 61.2 Å². The van der Waals surface area contributed by atoms with E-state index in [1.807, 2.05) is 92.0 Å². The Morgan fingerprint density at radius 3 is 2.37 bits per heavy atom. The summed E-state index contributed by atoms with van der Waals surface area (Å²) in [6.45, 7) is 6.54. The second kappa shape index (κ2) is 13.3. The summed E-state index contributed by atoms with van der Waals surface area (Å²) in [5, 5.41) is 15.4. The maximum absolute atomic E-state index is 13.4. The van der Waals surface area contributed by atoms with Crippen LogP contribution in [-0.4, -0.2) is 64.2 Å². The highest BCUT2D eigenvalue weighted by molar-refractivity contribution is 6.71. The van der Waals surface area contributed by atoms with E-state index in [0.717, 1.165) is 29.4 Å². The van der Waals surface area contributed by atoms with Gasteiger partial charge in [0.15, 0.2) is 8.32 Å². The van der Waals surface area contributed by atoms with Crippen molar-refractivity contribution in [3.05, 3.63) is 107 Å². The normalized spacial score (nSPS) is 20.4. The smallest absolute Gasteiger partial charge is 0.279 e. The fourth-order valence-electron chi connectivity index (χ4n) is 6.51. The molecule has 0 unspecified atom stereocenters. The summed E-state index contributed by atoms with van der Waals surface area (Å²) in [6, 6.07) is 25.0. The fourth-order valence-corrected chi connectivity index (χ4v) is 9.12. The van der Waals surface area contributed by atoms with Crippen LogP contribution in [0.2, 0.25) is 18.6 Å². The summed E-state index contributed by atoms with van der Waals surface area (Å²) in [5.74, 6) is 0.0247. The molecule has 2 heterocycles. The molecule has 0 saturated carbocycles. The van der Waals surface area contributed by atoms with Gasteiger partial charge in [0, 0.05) is 24.0 Å². The first kappa shape index (κ1) is 30.8. The summed E-state index contributed by atoms with van der Waals surface area (Å²) in [6.07, 6.45) is 2.94. The molecule has 43 heavy (non-hydrogen) atoms. The average Bonchev–Trinajstić information content (AvgIpc) is 3.31. The topological polar surface area (TPSA) is 105 Å². The molecule has 4 atom stereocenters. The standard InChI is InChI=1S/C34H41N3O5Si/c1-24-30(18-15-25-13-16-28(17-14-25)37-34(40)29-12-8-7-11-27(29)22-35-37)42-31(33(24)43(2,3)41)21-32(39)36(19-20-38)23-26-9-5-4-6-10-26/h4-14,16-17,22,24,30-31,33,38,41H,15,18-21,23H2,1-3H3/t24-,30+,31-,33+/m0/s1. The lowest BCUT2D eigenvalue weighted by molar-refractivity contribution is -0.135. The van der Waals surface area contributed by atoms with E-state index in [0.29, 0.717) is 17.6 Å². The Morgan fingerprint density at radius 2 is 1.67 bits per heavy atom. The fraction of sp³-hybridized carbons (Fsp3) is 0.382. The predicted molar refractivity (Wildman–Crippen MR) is 170 cm³/mol. The Balaban J connectivity index is 1.25. The molecule has 0 aliphatic carbocycles. The van der Waals surface area contributed by atoms with Crippen molar-refractivity contribution in [2.24, 2.45) is 5.92 Å². The Hall–Kier alpha value is -3.63. The van der Waals surface area contributed by atoms with Gasteiger partial charge in [-0.15, -0.1) is 0 Å². The SMILES string of the molecule is C[C@@H]1[C@@H]([Si](C)(C)O)[C@H](CC(=O)N(CCO)Cc2ccccc2)O[C@@H]1CCc1ccc(-n2ncc3ccccc3c2=O)cc1. The molecule has 1 amide bonds. The molecule has 0 radical (unpaired) electrons. The van der Waals surface area contributed by atoms with Crippen molar-refractivity contribution in [2.45, 2.75) is 63.6 Å². The molecule has 226 valence electrons. The van der Waals surface area contributed by atoms with Crippen molar-refractivity contribution in [1.29, 1.82) is 0 Å². The first-order chi connectivity index (χ1) is 20.7. The van der Waals surface area contributed by atoms with Gasteiger partial charge in [-0.1, -0.05) is 67.6 Å². The summed E-state index contributed by atoms with van der Waals surface area (Å²) in [5.41, 5.74) is 2.59. The van der Waals surface area contributed by atoms with Gasteiger partial charge in [0.1, 0.15) is 0 Å². The molecule has 1 saturated heterocycles. The van der Waals surface area contributed by atoms with Crippen LogP contribution >= 0.6 is 0 Å². The van der Waals surface area contributed by atoms with Crippen molar-refractivity contribution in [2.75, 3.05) is 13.2 Å². The zero-order valence-corrected chi connectivity index (χ0v) is 26.1. The maximum Gasteiger partial charge on any atom is 0.279 e. The number of ether oxygens (including phenoxy) is 1. The zero-order valence-electron chi connectivity index (χ0n) is 25.1. The minimum atomic E-state index is -2.65. The summed E-state index contributed by atoms with van der Waals surface area (Å²) in [4.78, 5) is 39.3. The average molecular weight is 600 g/mol. The second-order valence-electron chi connectivity index (χ2n) is 12.1. The van der Waals surface area contributed by atoms with Crippen LogP contribution in [-0.2, 0) is 22.5 Å². The number of fused-ring (bicyclic) bond motifs is 1. The molecule has 0 spiro atoms. The van der Waals surface area contributed by atoms with Crippen LogP contribution in [0, 0.1) is 5.92 Å². The van der Waals surface area contributed by atoms with Crippen molar-refractivity contribution < 1.29 is 19.4 Å². The van der Waals surface area contributed by atoms with E-state index in [-0.39, 0.29) is 54.7 Å². The third-order valence-corrected chi connectivity index (χ3v) is 11.2. The number of aromatic nitrogens is 2. The number of hydrogen-bond acceptors (Lipinski definition) is 6. The number of benzene rings is 3. The molecule has 0 bridgehead atoms. The molecule has 8 nitrogen and oxygen atoms in total. The summed E-state index contributed by atoms with van der Waals surface area (Å²) >= 11 is 0. The van der Waals surface area contributed by atoms with Crippen LogP contribution in [0.5, 0.6) is 0 Å². The first-order valence-electron chi connectivity index (χ1n) is 15.0. The predicted octanol–water partition coefficient (Wildman–Crippen LogP) is 4.70. The van der Waals surface area contributed by atoms with Gasteiger partial charge >= 0.3 is 0 Å². The molecule has 3 aromatic carbocycles. The monoisotopic (exact) mass is 599 g/mol. The number of aryl methyl sites for hydroxylation is 1. The molecule has 2 N–H and O–H groups in total. The molecule has 1 aliphatic heterocycles. The van der Waals surface area contributed by atoms with Crippen LogP contribution in [0.15, 0.2) is 89.9 Å². The minimum absolute atomic E-state index is 0.0767. The number of carbonyl (C=O) groups excluding carboxylic acids is 1. The molecular weight excluding hydrogens is 558 g/mol. The number of rotatable bonds is 11. The van der Waals surface area contributed by atoms with E-state index in [2.05, 4.69) is 12.0 Å². The lowest BCUT2D eigenvalue weighted by atomic mass is 9.95. The van der Waals surface area contributed by atoms with E-state index >= 15 is 0 Å². The van der Waals surface area contributed by atoms with Gasteiger partial charge in [0.2, 0.25) is 5.91 Å². The van der Waals surface area contributed by atoms with Gasteiger partial charge in [-0.3, -0.25) is 9.59 Å². The van der Waals surface area contributed by atoms with Gasteiger partial charge in [-0.2, -0.15) is 9.78 Å². The second-order valence-corrected chi connectivity index (χ2v) is 16.1. The molecule has 5 rings (SSSR count). The van der Waals surface area contributed by atoms with Crippen molar-refractivity contribution in [3.8, 4) is 5.69 Å². The van der Waals surface area contributed by atoms with Crippen molar-refractivity contribution in [1.82, 2.24) is 14.7 Å². The Labute approximate surface area is 253 Å². The van der Waals surface area contributed by atoms with Crippen molar-refractivity contribution in [3.63, 3.8) is 0 Å². The van der Waals surface area contributed by atoms with Crippen LogP contribution in [0.1, 0.15) is 30.9 Å². The van der Waals surface area contributed by atoms with Crippen LogP contribution < -0.4 is 5.56 Å². The molecule has 1 aromatic heterocycles. The Kier molecular flexibility index (Phi) is 9.56. The molecule has 9 heteroatoms. The van der Waals surface area contributed by atoms with E-state index < -0.39 is 8.32 Å². The Bertz CT molecular complexity index is 1590. The third-order valence-electron chi connectivity index (χ3n) is 8.63. The van der Waals surface area contributed by atoms with Gasteiger partial charge in [0.05, 0.1) is 42.5 Å². The van der Waals surface area contributed by atoms with Gasteiger partial charge in [0.25, 0.3) is 5.56 Å². The van der Waals surface area contributed by atoms with Crippen LogP contribution in [0.4, 0.5) is 0 Å². The highest BCUT2D eigenvalue weighted by Crippen LogP contribution is 2.45. The van der Waals surface area contributed by atoms with Gasteiger partial charge < -0.3 is 19.5 Å². The van der Waals surface area contributed by atoms with Crippen molar-refractivity contribution >= 4 is 25.0 Å². The first-order valence-corrected chi connectivity index (χ1v) is 18.0. The summed E-state index contributed by atoms with van der Waals surface area (Å²) < 4.78 is 7.97. The van der Waals surface area contributed by atoms with Gasteiger partial charge in [-0.25, -0.2) is 0 Å². The quantitative estimate of drug-likeness (QED) is 0.242. The van der Waals surface area contributed by atoms with E-state index in [1.54, 1.807) is 11.1 Å². The molecule has 4 aromatic rings. The number of aliphatic hydroxyl groups excluding tert-OH is 1. The maximum atomic E-state index is 13.4. The third kappa shape index (κ3) is 7.13. The molecule has 1 aliphatic rings. The largest absolute Gasteiger partial charge is 0.432 e. The number of amides is 1. The number of hydrogen-bond donors (Lipinski definition) is 2. The van der Waals surface area contributed by atoms with E-state index in [1.165, 1.54) is 4.68 Å². The number of aliphatic hydroxyl groups is 1. The zero-order chi connectivity index (χ0) is 30.6. The minimum Gasteiger partial charge on any atom is -0.432 e. The highest BCUT2D eigenvalue weighted by Gasteiger charge is 2.50. The summed E-state index contributed by atoms with van der Waals surface area (Å²) in [7, 11) is -2.65. The Morgan fingerprint density at radius 1 is 0.977 bits per heavy atom. The molecular formula is C34H41N3O5Si. The van der Waals surface area contributed by atoms with E-state index in [4.69, 9.17) is 4.74 Å².